The van der Waals surface area contributed by atoms with E-state index in [0.717, 1.165) is 12.0 Å². The molecule has 2 aromatic carbocycles. The molecule has 0 radical (unpaired) electrons. The zero-order valence-electron chi connectivity index (χ0n) is 14.8. The highest BCUT2D eigenvalue weighted by Crippen LogP contribution is 2.44. The van der Waals surface area contributed by atoms with Crippen molar-refractivity contribution >= 4 is 34.8 Å². The minimum Gasteiger partial charge on any atom is -0.338 e. The average molecular weight is 387 g/mol. The number of aryl methyl sites for hydroxylation is 1. The van der Waals surface area contributed by atoms with E-state index in [2.05, 4.69) is 5.32 Å². The van der Waals surface area contributed by atoms with Crippen molar-refractivity contribution in [2.24, 2.45) is 0 Å². The molecule has 140 valence electrons. The van der Waals surface area contributed by atoms with Crippen LogP contribution in [0.15, 0.2) is 42.5 Å². The molecule has 4 rings (SSSR count). The Morgan fingerprint density at radius 2 is 1.96 bits per heavy atom. The Morgan fingerprint density at radius 3 is 2.70 bits per heavy atom. The Bertz CT molecular complexity index is 909. The number of anilines is 2. The van der Waals surface area contributed by atoms with Gasteiger partial charge in [-0.1, -0.05) is 35.9 Å². The van der Waals surface area contributed by atoms with Crippen molar-refractivity contribution in [3.8, 4) is 0 Å². The SMILES string of the molecule is Cc1ccc(NC(=O)CN2C(=O)C3(OCCCO3)c3ccccc32)cc1Cl. The maximum absolute atomic E-state index is 13.1. The summed E-state index contributed by atoms with van der Waals surface area (Å²) in [6.07, 6.45) is 0.728. The smallest absolute Gasteiger partial charge is 0.293 e. The zero-order chi connectivity index (χ0) is 19.0. The van der Waals surface area contributed by atoms with Gasteiger partial charge in [-0.15, -0.1) is 0 Å². The van der Waals surface area contributed by atoms with E-state index < -0.39 is 5.79 Å². The third kappa shape index (κ3) is 3.10. The summed E-state index contributed by atoms with van der Waals surface area (Å²) in [5, 5.41) is 3.35. The Morgan fingerprint density at radius 1 is 1.22 bits per heavy atom. The van der Waals surface area contributed by atoms with Gasteiger partial charge >= 0.3 is 0 Å². The first kappa shape index (κ1) is 18.0. The van der Waals surface area contributed by atoms with Crippen LogP contribution < -0.4 is 10.2 Å². The third-order valence-electron chi connectivity index (χ3n) is 4.73. The van der Waals surface area contributed by atoms with E-state index in [4.69, 9.17) is 21.1 Å². The molecule has 2 aliphatic heterocycles. The molecule has 2 aromatic rings. The fourth-order valence-corrected chi connectivity index (χ4v) is 3.55. The van der Waals surface area contributed by atoms with Crippen molar-refractivity contribution in [3.63, 3.8) is 0 Å². The molecular weight excluding hydrogens is 368 g/mol. The number of carbonyl (C=O) groups is 2. The number of halogens is 1. The van der Waals surface area contributed by atoms with Gasteiger partial charge in [-0.2, -0.15) is 0 Å². The number of amides is 2. The fraction of sp³-hybridized carbons (Fsp3) is 0.300. The quantitative estimate of drug-likeness (QED) is 0.879. The van der Waals surface area contributed by atoms with Gasteiger partial charge in [0.15, 0.2) is 0 Å². The van der Waals surface area contributed by atoms with Crippen LogP contribution in [0.5, 0.6) is 0 Å². The highest BCUT2D eigenvalue weighted by atomic mass is 35.5. The number of ether oxygens (including phenoxy) is 2. The van der Waals surface area contributed by atoms with Crippen molar-refractivity contribution in [2.45, 2.75) is 19.1 Å². The first-order chi connectivity index (χ1) is 13.0. The molecule has 0 atom stereocenters. The third-order valence-corrected chi connectivity index (χ3v) is 5.14. The van der Waals surface area contributed by atoms with Crippen LogP contribution >= 0.6 is 11.6 Å². The van der Waals surface area contributed by atoms with Crippen LogP contribution in [0.1, 0.15) is 17.5 Å². The normalized spacial score (nSPS) is 17.9. The Kier molecular flexibility index (Phi) is 4.63. The molecule has 1 spiro atoms. The molecule has 6 nitrogen and oxygen atoms in total. The lowest BCUT2D eigenvalue weighted by molar-refractivity contribution is -0.256. The van der Waals surface area contributed by atoms with E-state index >= 15 is 0 Å². The molecule has 0 aliphatic carbocycles. The second-order valence-corrected chi connectivity index (χ2v) is 6.99. The van der Waals surface area contributed by atoms with Gasteiger partial charge in [-0.05, 0) is 37.1 Å². The summed E-state index contributed by atoms with van der Waals surface area (Å²) in [5.74, 6) is -2.14. The Hall–Kier alpha value is -2.41. The summed E-state index contributed by atoms with van der Waals surface area (Å²) >= 11 is 6.11. The van der Waals surface area contributed by atoms with Crippen molar-refractivity contribution in [1.29, 1.82) is 0 Å². The van der Waals surface area contributed by atoms with E-state index in [9.17, 15) is 9.59 Å². The second-order valence-electron chi connectivity index (χ2n) is 6.59. The lowest BCUT2D eigenvalue weighted by Crippen LogP contribution is -2.48. The average Bonchev–Trinajstić information content (AvgIpc) is 2.89. The Balaban J connectivity index is 1.57. The summed E-state index contributed by atoms with van der Waals surface area (Å²) in [6.45, 7) is 2.61. The van der Waals surface area contributed by atoms with Gasteiger partial charge in [0, 0.05) is 16.3 Å². The zero-order valence-corrected chi connectivity index (χ0v) is 15.6. The number of benzene rings is 2. The van der Waals surface area contributed by atoms with Gasteiger partial charge in [-0.25, -0.2) is 0 Å². The summed E-state index contributed by atoms with van der Waals surface area (Å²) in [7, 11) is 0. The van der Waals surface area contributed by atoms with E-state index in [-0.39, 0.29) is 18.4 Å². The highest BCUT2D eigenvalue weighted by molar-refractivity contribution is 6.31. The number of fused-ring (bicyclic) bond motifs is 2. The van der Waals surface area contributed by atoms with Crippen molar-refractivity contribution in [1.82, 2.24) is 0 Å². The number of nitrogens with zero attached hydrogens (tertiary/aromatic N) is 1. The Labute approximate surface area is 162 Å². The van der Waals surface area contributed by atoms with E-state index in [1.807, 2.05) is 25.1 Å². The van der Waals surface area contributed by atoms with Crippen LogP contribution in [0, 0.1) is 6.92 Å². The van der Waals surface area contributed by atoms with Gasteiger partial charge in [-0.3, -0.25) is 14.5 Å². The van der Waals surface area contributed by atoms with Gasteiger partial charge in [0.2, 0.25) is 5.91 Å². The molecule has 7 heteroatoms. The molecule has 2 heterocycles. The predicted molar refractivity (Wildman–Crippen MR) is 102 cm³/mol. The van der Waals surface area contributed by atoms with Gasteiger partial charge in [0.05, 0.1) is 18.9 Å². The molecule has 27 heavy (non-hydrogen) atoms. The molecule has 1 fully saturated rings. The van der Waals surface area contributed by atoms with Gasteiger partial charge in [0.1, 0.15) is 6.54 Å². The van der Waals surface area contributed by atoms with Crippen LogP contribution in [-0.4, -0.2) is 31.6 Å². The van der Waals surface area contributed by atoms with Crippen LogP contribution in [0.4, 0.5) is 11.4 Å². The van der Waals surface area contributed by atoms with E-state index in [1.54, 1.807) is 24.3 Å². The first-order valence-corrected chi connectivity index (χ1v) is 9.14. The number of nitrogens with one attached hydrogen (secondary N) is 1. The standard InChI is InChI=1S/C20H19ClN2O4/c1-13-7-8-14(11-16(13)21)22-18(24)12-23-17-6-3-2-5-15(17)20(19(23)25)26-9-4-10-27-20/h2-3,5-8,11H,4,9-10,12H2,1H3,(H,22,24). The number of carbonyl (C=O) groups excluding carboxylic acids is 2. The van der Waals surface area contributed by atoms with Crippen molar-refractivity contribution in [3.05, 3.63) is 58.6 Å². The van der Waals surface area contributed by atoms with Crippen LogP contribution in [0.3, 0.4) is 0 Å². The molecule has 0 aromatic heterocycles. The van der Waals surface area contributed by atoms with Crippen molar-refractivity contribution in [2.75, 3.05) is 30.0 Å². The molecule has 2 aliphatic rings. The summed E-state index contributed by atoms with van der Waals surface area (Å²) in [4.78, 5) is 27.1. The van der Waals surface area contributed by atoms with Crippen LogP contribution in [0.25, 0.3) is 0 Å². The second kappa shape index (κ2) is 6.96. The van der Waals surface area contributed by atoms with Gasteiger partial charge in [0.25, 0.3) is 11.7 Å². The highest BCUT2D eigenvalue weighted by Gasteiger charge is 2.55. The molecule has 1 N–H and O–H groups in total. The molecular formula is C20H19ClN2O4. The largest absolute Gasteiger partial charge is 0.338 e. The minimum atomic E-state index is -1.44. The monoisotopic (exact) mass is 386 g/mol. The molecule has 0 saturated carbocycles. The lowest BCUT2D eigenvalue weighted by atomic mass is 10.1. The predicted octanol–water partition coefficient (Wildman–Crippen LogP) is 3.22. The van der Waals surface area contributed by atoms with E-state index in [1.165, 1.54) is 4.90 Å². The summed E-state index contributed by atoms with van der Waals surface area (Å²) < 4.78 is 11.5. The van der Waals surface area contributed by atoms with Crippen molar-refractivity contribution < 1.29 is 19.1 Å². The molecule has 0 unspecified atom stereocenters. The van der Waals surface area contributed by atoms with Crippen LogP contribution in [0.2, 0.25) is 5.02 Å². The van der Waals surface area contributed by atoms with Gasteiger partial charge < -0.3 is 14.8 Å². The van der Waals surface area contributed by atoms with E-state index in [0.29, 0.717) is 35.2 Å². The summed E-state index contributed by atoms with van der Waals surface area (Å²) in [6, 6.07) is 12.5. The number of hydrogen-bond donors (Lipinski definition) is 1. The molecule has 1 saturated heterocycles. The molecule has 0 bridgehead atoms. The van der Waals surface area contributed by atoms with Crippen LogP contribution in [-0.2, 0) is 24.8 Å². The minimum absolute atomic E-state index is 0.143. The maximum Gasteiger partial charge on any atom is 0.293 e. The number of para-hydroxylation sites is 1. The number of hydrogen-bond acceptors (Lipinski definition) is 4. The number of rotatable bonds is 3. The fourth-order valence-electron chi connectivity index (χ4n) is 3.37. The maximum atomic E-state index is 13.1. The summed E-state index contributed by atoms with van der Waals surface area (Å²) in [5.41, 5.74) is 2.77. The topological polar surface area (TPSA) is 67.9 Å². The molecule has 2 amide bonds. The first-order valence-electron chi connectivity index (χ1n) is 8.77. The lowest BCUT2D eigenvalue weighted by Gasteiger charge is -2.32.